The minimum atomic E-state index is 0.344. The molecule has 62 valence electrons. The van der Waals surface area contributed by atoms with E-state index < -0.39 is 0 Å². The quantitative estimate of drug-likeness (QED) is 0.512. The molecule has 0 unspecified atom stereocenters. The molecule has 1 aromatic rings. The molecule has 12 heavy (non-hydrogen) atoms. The summed E-state index contributed by atoms with van der Waals surface area (Å²) in [6.07, 6.45) is 0. The number of H-pyrrole nitrogens is 1. The first-order valence-corrected chi connectivity index (χ1v) is 3.54. The maximum atomic E-state index is 5.48. The van der Waals surface area contributed by atoms with Gasteiger partial charge in [0.05, 0.1) is 5.70 Å². The minimum Gasteiger partial charge on any atom is -0.369 e. The molecule has 0 saturated carbocycles. The highest BCUT2D eigenvalue weighted by Crippen LogP contribution is 2.23. The molecule has 0 fully saturated rings. The molecule has 5 nitrogen and oxygen atoms in total. The number of fused-ring (bicyclic) bond motifs is 1. The summed E-state index contributed by atoms with van der Waals surface area (Å²) in [6.45, 7) is 5.62. The summed E-state index contributed by atoms with van der Waals surface area (Å²) >= 11 is 0. The van der Waals surface area contributed by atoms with Gasteiger partial charge in [-0.3, -0.25) is 0 Å². The van der Waals surface area contributed by atoms with Crippen LogP contribution in [-0.2, 0) is 0 Å². The highest BCUT2D eigenvalue weighted by molar-refractivity contribution is 5.93. The fraction of sp³-hybridized carbons (Fsp3) is 0.143. The molecule has 0 spiro atoms. The molecule has 0 amide bonds. The summed E-state index contributed by atoms with van der Waals surface area (Å²) in [5.41, 5.74) is 6.90. The van der Waals surface area contributed by atoms with Crippen LogP contribution in [0.15, 0.2) is 11.6 Å². The lowest BCUT2D eigenvalue weighted by molar-refractivity contribution is 1.14. The van der Waals surface area contributed by atoms with Gasteiger partial charge in [-0.1, -0.05) is 6.58 Å². The third-order valence-corrected chi connectivity index (χ3v) is 1.60. The molecule has 1 aliphatic rings. The molecule has 2 heterocycles. The second-order valence-corrected chi connectivity index (χ2v) is 2.62. The molecule has 0 bridgehead atoms. The Morgan fingerprint density at radius 2 is 2.25 bits per heavy atom. The Hall–Kier alpha value is -1.78. The van der Waals surface area contributed by atoms with Gasteiger partial charge in [-0.25, -0.2) is 4.98 Å². The molecule has 0 aromatic carbocycles. The number of nitrogens with two attached hydrogens (primary N) is 1. The van der Waals surface area contributed by atoms with Crippen LogP contribution in [0.5, 0.6) is 0 Å². The van der Waals surface area contributed by atoms with Crippen molar-refractivity contribution >= 4 is 17.5 Å². The maximum Gasteiger partial charge on any atom is 0.199 e. The van der Waals surface area contributed by atoms with E-state index in [-0.39, 0.29) is 0 Å². The van der Waals surface area contributed by atoms with Crippen LogP contribution < -0.4 is 11.1 Å². The van der Waals surface area contributed by atoms with Crippen molar-refractivity contribution in [2.24, 2.45) is 10.7 Å². The van der Waals surface area contributed by atoms with Crippen LogP contribution in [0.2, 0.25) is 0 Å². The Balaban J connectivity index is 2.61. The van der Waals surface area contributed by atoms with Crippen LogP contribution in [0.4, 0.5) is 5.82 Å². The predicted octanol–water partition coefficient (Wildman–Crippen LogP) is 0.238. The molecule has 0 radical (unpaired) electrons. The standard InChI is InChI=1S/C7H9N5/c1-3-5-6(11-4(2)10-5)12-7(8)9-3/h1H2,2H3,(H,10,11)(H3,8,9,12). The second kappa shape index (κ2) is 2.10. The van der Waals surface area contributed by atoms with Crippen molar-refractivity contribution in [3.63, 3.8) is 0 Å². The van der Waals surface area contributed by atoms with Crippen LogP contribution in [0.1, 0.15) is 11.5 Å². The molecular weight excluding hydrogens is 154 g/mol. The number of aryl methyl sites for hydroxylation is 1. The van der Waals surface area contributed by atoms with Crippen LogP contribution in [0.25, 0.3) is 5.70 Å². The summed E-state index contributed by atoms with van der Waals surface area (Å²) in [5, 5.41) is 2.80. The Labute approximate surface area is 69.4 Å². The lowest BCUT2D eigenvalue weighted by Crippen LogP contribution is -2.31. The number of hydrogen-bond donors (Lipinski definition) is 3. The first kappa shape index (κ1) is 6.90. The van der Waals surface area contributed by atoms with Crippen LogP contribution in [0, 0.1) is 6.92 Å². The van der Waals surface area contributed by atoms with Gasteiger partial charge in [0.15, 0.2) is 11.8 Å². The van der Waals surface area contributed by atoms with Gasteiger partial charge in [0.2, 0.25) is 0 Å². The fourth-order valence-corrected chi connectivity index (χ4v) is 1.13. The molecule has 0 aliphatic carbocycles. The molecule has 1 aromatic heterocycles. The number of nitrogens with zero attached hydrogens (tertiary/aromatic N) is 2. The summed E-state index contributed by atoms with van der Waals surface area (Å²) in [7, 11) is 0. The topological polar surface area (TPSA) is 79.1 Å². The Kier molecular flexibility index (Phi) is 1.21. The maximum absolute atomic E-state index is 5.48. The average Bonchev–Trinajstić information content (AvgIpc) is 2.29. The Bertz CT molecular complexity index is 373. The summed E-state index contributed by atoms with van der Waals surface area (Å²) in [4.78, 5) is 11.2. The van der Waals surface area contributed by atoms with Crippen molar-refractivity contribution in [2.75, 3.05) is 0 Å². The number of rotatable bonds is 0. The van der Waals surface area contributed by atoms with Crippen LogP contribution in [0.3, 0.4) is 0 Å². The number of aromatic amines is 1. The van der Waals surface area contributed by atoms with E-state index in [0.29, 0.717) is 17.5 Å². The van der Waals surface area contributed by atoms with Gasteiger partial charge in [0.1, 0.15) is 11.5 Å². The van der Waals surface area contributed by atoms with Gasteiger partial charge in [-0.15, -0.1) is 0 Å². The van der Waals surface area contributed by atoms with E-state index in [1.165, 1.54) is 0 Å². The van der Waals surface area contributed by atoms with E-state index in [1.807, 2.05) is 6.92 Å². The first-order chi connectivity index (χ1) is 5.66. The van der Waals surface area contributed by atoms with E-state index in [4.69, 9.17) is 5.73 Å². The molecule has 4 N–H and O–H groups in total. The minimum absolute atomic E-state index is 0.344. The van der Waals surface area contributed by atoms with E-state index in [0.717, 1.165) is 11.5 Å². The molecule has 0 saturated heterocycles. The van der Waals surface area contributed by atoms with Gasteiger partial charge < -0.3 is 16.0 Å². The fourth-order valence-electron chi connectivity index (χ4n) is 1.13. The van der Waals surface area contributed by atoms with Crippen molar-refractivity contribution < 1.29 is 0 Å². The number of aliphatic imine (C=N–C) groups is 1. The number of guanidine groups is 1. The van der Waals surface area contributed by atoms with Gasteiger partial charge in [0, 0.05) is 0 Å². The smallest absolute Gasteiger partial charge is 0.199 e. The number of nitrogens with one attached hydrogen (secondary N) is 2. The second-order valence-electron chi connectivity index (χ2n) is 2.62. The van der Waals surface area contributed by atoms with Crippen LogP contribution >= 0.6 is 0 Å². The van der Waals surface area contributed by atoms with Crippen molar-refractivity contribution in [3.8, 4) is 0 Å². The normalized spacial score (nSPS) is 15.1. The lowest BCUT2D eigenvalue weighted by atomic mass is 10.3. The number of hydrogen-bond acceptors (Lipinski definition) is 4. The molecule has 1 aliphatic heterocycles. The number of aromatic nitrogens is 2. The lowest BCUT2D eigenvalue weighted by Gasteiger charge is -2.11. The Morgan fingerprint density at radius 3 is 3.00 bits per heavy atom. The highest BCUT2D eigenvalue weighted by Gasteiger charge is 2.16. The zero-order valence-corrected chi connectivity index (χ0v) is 6.68. The average molecular weight is 163 g/mol. The Morgan fingerprint density at radius 1 is 1.50 bits per heavy atom. The van der Waals surface area contributed by atoms with Crippen molar-refractivity contribution in [2.45, 2.75) is 6.92 Å². The summed E-state index contributed by atoms with van der Waals surface area (Å²) < 4.78 is 0. The van der Waals surface area contributed by atoms with E-state index in [1.54, 1.807) is 0 Å². The third kappa shape index (κ3) is 0.868. The monoisotopic (exact) mass is 163 g/mol. The molecule has 2 rings (SSSR count). The molecular formula is C7H9N5. The van der Waals surface area contributed by atoms with Gasteiger partial charge in [-0.2, -0.15) is 4.99 Å². The van der Waals surface area contributed by atoms with Crippen molar-refractivity contribution in [3.05, 3.63) is 18.1 Å². The predicted molar refractivity (Wildman–Crippen MR) is 46.8 cm³/mol. The third-order valence-electron chi connectivity index (χ3n) is 1.60. The van der Waals surface area contributed by atoms with Crippen LogP contribution in [-0.4, -0.2) is 15.9 Å². The summed E-state index contributed by atoms with van der Waals surface area (Å²) in [6, 6.07) is 0. The first-order valence-electron chi connectivity index (χ1n) is 3.54. The zero-order valence-electron chi connectivity index (χ0n) is 6.68. The molecule has 0 atom stereocenters. The van der Waals surface area contributed by atoms with Gasteiger partial charge in [-0.05, 0) is 6.92 Å². The van der Waals surface area contributed by atoms with Gasteiger partial charge in [0.25, 0.3) is 0 Å². The largest absolute Gasteiger partial charge is 0.369 e. The van der Waals surface area contributed by atoms with Crippen molar-refractivity contribution in [1.82, 2.24) is 15.3 Å². The number of imidazole rings is 1. The molecule has 5 heteroatoms. The van der Waals surface area contributed by atoms with E-state index >= 15 is 0 Å². The van der Waals surface area contributed by atoms with Crippen molar-refractivity contribution in [1.29, 1.82) is 0 Å². The highest BCUT2D eigenvalue weighted by atomic mass is 15.2. The summed E-state index contributed by atoms with van der Waals surface area (Å²) in [5.74, 6) is 1.83. The van der Waals surface area contributed by atoms with E-state index in [2.05, 4.69) is 26.9 Å². The zero-order chi connectivity index (χ0) is 8.72. The van der Waals surface area contributed by atoms with E-state index in [9.17, 15) is 0 Å². The van der Waals surface area contributed by atoms with Gasteiger partial charge >= 0.3 is 0 Å². The SMILES string of the molecule is C=C1NC(N)=Nc2[nH]c(C)nc21.